The number of hydrogen-bond acceptors (Lipinski definition) is 7. The first-order valence-corrected chi connectivity index (χ1v) is 33.5. The Labute approximate surface area is 542 Å². The molecule has 0 aliphatic carbocycles. The third-order valence-electron chi connectivity index (χ3n) is 12.9. The average molecular weight is 1220 g/mol. The zero-order valence-corrected chi connectivity index (χ0v) is 56.0. The number of carboxylic acids is 1. The van der Waals surface area contributed by atoms with E-state index >= 15 is 0 Å². The predicted octanol–water partition coefficient (Wildman–Crippen LogP) is 21.1. The summed E-state index contributed by atoms with van der Waals surface area (Å²) in [6.07, 6.45) is 106. The number of likely N-dealkylation sites (N-methyl/N-ethyl adjacent to an activating group) is 1. The lowest BCUT2D eigenvalue weighted by molar-refractivity contribution is -0.870. The van der Waals surface area contributed by atoms with E-state index in [-0.39, 0.29) is 32.7 Å². The summed E-state index contributed by atoms with van der Waals surface area (Å²) in [5.74, 6) is -2.16. The summed E-state index contributed by atoms with van der Waals surface area (Å²) in [5.41, 5.74) is 0. The van der Waals surface area contributed by atoms with Crippen molar-refractivity contribution in [3.63, 3.8) is 0 Å². The van der Waals surface area contributed by atoms with Crippen molar-refractivity contribution in [2.24, 2.45) is 0 Å². The molecule has 0 saturated heterocycles. The van der Waals surface area contributed by atoms with E-state index in [9.17, 15) is 19.5 Å². The second kappa shape index (κ2) is 67.3. The highest BCUT2D eigenvalue weighted by atomic mass is 16.7. The Balaban J connectivity index is 4.41. The Bertz CT molecular complexity index is 2310. The number of allylic oxidation sites excluding steroid dienone is 38. The van der Waals surface area contributed by atoms with Crippen LogP contribution in [0, 0.1) is 0 Å². The SMILES string of the molecule is CC/C=C\C/C=C\C/C=C\C/C=C\C/C=C\C/C=C\C/C=C\C/C=C\C/C=C\C/C=C\CCCCCCC(=O)OC(COC(=O)CCC/C=C\C/C=C\C/C=C\C/C=C\C/C=C\C/C=C\C/C=C\C/C=C\C/C=C\CC)COC(OCC[N+](C)(C)C)C(=O)O. The molecule has 0 aromatic carbocycles. The molecule has 0 saturated carbocycles. The number of hydrogen-bond donors (Lipinski definition) is 1. The lowest BCUT2D eigenvalue weighted by atomic mass is 10.1. The molecule has 0 amide bonds. The quantitative estimate of drug-likeness (QED) is 0.0211. The summed E-state index contributed by atoms with van der Waals surface area (Å²) in [7, 11) is 5.92. The van der Waals surface area contributed by atoms with Gasteiger partial charge < -0.3 is 28.5 Å². The minimum Gasteiger partial charge on any atom is -0.477 e. The molecule has 0 bridgehead atoms. The van der Waals surface area contributed by atoms with E-state index in [1.165, 1.54) is 0 Å². The van der Waals surface area contributed by atoms with Crippen LogP contribution in [-0.2, 0) is 33.3 Å². The molecule has 2 unspecified atom stereocenters. The molecule has 89 heavy (non-hydrogen) atoms. The number of aliphatic carboxylic acids is 1. The summed E-state index contributed by atoms with van der Waals surface area (Å²) in [6.45, 7) is 4.50. The third-order valence-corrected chi connectivity index (χ3v) is 12.9. The minimum atomic E-state index is -1.55. The van der Waals surface area contributed by atoms with Gasteiger partial charge in [-0.15, -0.1) is 0 Å². The van der Waals surface area contributed by atoms with Gasteiger partial charge in [-0.2, -0.15) is 0 Å². The standard InChI is InChI=1S/C80H119NO8/c1-6-8-10-12-14-16-18-20-22-24-26-28-30-32-34-36-37-38-39-40-41-43-45-47-49-51-53-55-57-59-61-63-65-67-69-71-78(83)89-76(75-88-80(79(84)85)86-73-72-81(3,4)5)74-87-77(82)70-68-66-64-62-60-58-56-54-52-50-48-46-44-42-35-33-31-29-27-25-23-21-19-17-15-13-11-9-7-2/h8-11,14-17,20-23,26-29,32-35,37-38,40-41,44-47,50-53,56-59,62,64,76,80H,6-7,12-13,18-19,24-25,30-31,36,39,42-43,48-49,54-55,60-61,63,65-75H2,1-5H3/p+1/b10-8-,11-9-,16-14-,17-15-,22-20-,23-21-,28-26-,29-27-,34-32-,35-33-,38-37-,41-40-,46-44-,47-45-,52-50-,53-51-,58-56-,59-57-,64-62-. The van der Waals surface area contributed by atoms with Crippen LogP contribution < -0.4 is 0 Å². The van der Waals surface area contributed by atoms with Crippen LogP contribution in [0.2, 0.25) is 0 Å². The summed E-state index contributed by atoms with van der Waals surface area (Å²) in [6, 6.07) is 0. The Morgan fingerprint density at radius 3 is 0.921 bits per heavy atom. The van der Waals surface area contributed by atoms with Gasteiger partial charge in [0.1, 0.15) is 13.2 Å². The van der Waals surface area contributed by atoms with Gasteiger partial charge in [0.15, 0.2) is 6.10 Å². The van der Waals surface area contributed by atoms with Crippen molar-refractivity contribution in [3.8, 4) is 0 Å². The fraction of sp³-hybridized carbons (Fsp3) is 0.487. The number of carboxylic acid groups (broad SMARTS) is 1. The van der Waals surface area contributed by atoms with Crippen molar-refractivity contribution < 1.29 is 42.9 Å². The second-order valence-electron chi connectivity index (χ2n) is 22.3. The normalized spacial score (nSPS) is 14.2. The predicted molar refractivity (Wildman–Crippen MR) is 381 cm³/mol. The molecule has 0 aromatic heterocycles. The van der Waals surface area contributed by atoms with Gasteiger partial charge in [-0.1, -0.05) is 258 Å². The Morgan fingerprint density at radius 1 is 0.337 bits per heavy atom. The monoisotopic (exact) mass is 1220 g/mol. The van der Waals surface area contributed by atoms with Gasteiger partial charge in [0.25, 0.3) is 6.29 Å². The average Bonchev–Trinajstić information content (AvgIpc) is 3.64. The third kappa shape index (κ3) is 68.7. The first-order valence-electron chi connectivity index (χ1n) is 33.5. The lowest BCUT2D eigenvalue weighted by Crippen LogP contribution is -2.40. The number of nitrogens with zero attached hydrogens (tertiary/aromatic N) is 1. The van der Waals surface area contributed by atoms with E-state index in [4.69, 9.17) is 18.9 Å². The van der Waals surface area contributed by atoms with Crippen LogP contribution in [0.3, 0.4) is 0 Å². The van der Waals surface area contributed by atoms with Gasteiger partial charge >= 0.3 is 17.9 Å². The molecule has 1 N–H and O–H groups in total. The van der Waals surface area contributed by atoms with Crippen molar-refractivity contribution in [1.29, 1.82) is 0 Å². The molecule has 0 fully saturated rings. The molecular weight excluding hydrogens is 1100 g/mol. The smallest absolute Gasteiger partial charge is 0.361 e. The van der Waals surface area contributed by atoms with E-state index in [1.54, 1.807) is 0 Å². The van der Waals surface area contributed by atoms with E-state index in [0.29, 0.717) is 23.9 Å². The van der Waals surface area contributed by atoms with Crippen LogP contribution in [0.25, 0.3) is 0 Å². The van der Waals surface area contributed by atoms with Crippen molar-refractivity contribution in [2.45, 2.75) is 206 Å². The molecule has 0 aromatic rings. The number of esters is 2. The molecule has 0 rings (SSSR count). The molecule has 9 nitrogen and oxygen atoms in total. The van der Waals surface area contributed by atoms with E-state index in [1.807, 2.05) is 21.1 Å². The fourth-order valence-electron chi connectivity index (χ4n) is 7.86. The molecule has 2 atom stereocenters. The largest absolute Gasteiger partial charge is 0.477 e. The maximum atomic E-state index is 12.9. The number of carbonyl (C=O) groups is 3. The summed E-state index contributed by atoms with van der Waals surface area (Å²) in [4.78, 5) is 37.6. The minimum absolute atomic E-state index is 0.158. The van der Waals surface area contributed by atoms with Gasteiger partial charge in [-0.3, -0.25) is 9.59 Å². The van der Waals surface area contributed by atoms with Crippen molar-refractivity contribution in [1.82, 2.24) is 0 Å². The van der Waals surface area contributed by atoms with Crippen molar-refractivity contribution in [3.05, 3.63) is 231 Å². The highest BCUT2D eigenvalue weighted by Crippen LogP contribution is 2.11. The van der Waals surface area contributed by atoms with Gasteiger partial charge in [0.05, 0.1) is 34.4 Å². The van der Waals surface area contributed by atoms with E-state index in [0.717, 1.165) is 154 Å². The Hall–Kier alpha value is -6.65. The zero-order valence-electron chi connectivity index (χ0n) is 56.0. The number of rotatable bonds is 58. The van der Waals surface area contributed by atoms with Crippen LogP contribution in [0.15, 0.2) is 231 Å². The summed E-state index contributed by atoms with van der Waals surface area (Å²) < 4.78 is 22.8. The highest BCUT2D eigenvalue weighted by Gasteiger charge is 2.25. The maximum absolute atomic E-state index is 12.9. The summed E-state index contributed by atoms with van der Waals surface area (Å²) in [5, 5.41) is 9.73. The number of ether oxygens (including phenoxy) is 4. The number of carbonyl (C=O) groups excluding carboxylic acids is 2. The lowest BCUT2D eigenvalue weighted by Gasteiger charge is -2.25. The molecule has 0 radical (unpaired) electrons. The van der Waals surface area contributed by atoms with E-state index < -0.39 is 30.3 Å². The van der Waals surface area contributed by atoms with E-state index in [2.05, 4.69) is 245 Å². The van der Waals surface area contributed by atoms with Crippen molar-refractivity contribution >= 4 is 17.9 Å². The second-order valence-corrected chi connectivity index (χ2v) is 22.3. The van der Waals surface area contributed by atoms with Gasteiger partial charge in [0.2, 0.25) is 0 Å². The Morgan fingerprint density at radius 2 is 0.618 bits per heavy atom. The van der Waals surface area contributed by atoms with Gasteiger partial charge in [-0.25, -0.2) is 4.79 Å². The van der Waals surface area contributed by atoms with Crippen LogP contribution in [0.5, 0.6) is 0 Å². The maximum Gasteiger partial charge on any atom is 0.361 e. The van der Waals surface area contributed by atoms with Crippen LogP contribution >= 0.6 is 0 Å². The van der Waals surface area contributed by atoms with Crippen molar-refractivity contribution in [2.75, 3.05) is 47.5 Å². The van der Waals surface area contributed by atoms with Gasteiger partial charge in [0, 0.05) is 12.8 Å². The first kappa shape index (κ1) is 82.4. The summed E-state index contributed by atoms with van der Waals surface area (Å²) >= 11 is 0. The first-order chi connectivity index (χ1) is 43.6. The molecule has 0 aliphatic heterocycles. The van der Waals surface area contributed by atoms with Crippen LogP contribution in [0.1, 0.15) is 194 Å². The highest BCUT2D eigenvalue weighted by molar-refractivity contribution is 5.71. The zero-order chi connectivity index (χ0) is 64.7. The Kier molecular flexibility index (Phi) is 62.3. The van der Waals surface area contributed by atoms with Crippen LogP contribution in [-0.4, -0.2) is 87.4 Å². The molecule has 9 heteroatoms. The fourth-order valence-corrected chi connectivity index (χ4v) is 7.86. The topological polar surface area (TPSA) is 108 Å². The number of unbranched alkanes of at least 4 members (excludes halogenated alkanes) is 5. The molecule has 0 aliphatic rings. The van der Waals surface area contributed by atoms with Gasteiger partial charge in [-0.05, 0) is 154 Å². The molecule has 492 valence electrons. The molecular formula is C80H120NO8+. The molecule has 0 spiro atoms. The number of quaternary nitrogens is 1. The molecule has 0 heterocycles. The van der Waals surface area contributed by atoms with Crippen LogP contribution in [0.4, 0.5) is 0 Å².